The minimum absolute atomic E-state index is 0.524. The summed E-state index contributed by atoms with van der Waals surface area (Å²) in [6.45, 7) is 11.1. The molecule has 0 aromatic heterocycles. The molecular formula is C19H24B2O2. The second-order valence-corrected chi connectivity index (χ2v) is 6.87. The molecule has 2 nitrogen and oxygen atoms in total. The molecule has 0 bridgehead atoms. The van der Waals surface area contributed by atoms with Crippen molar-refractivity contribution >= 4 is 24.4 Å². The highest BCUT2D eigenvalue weighted by Crippen LogP contribution is 2.37. The molecule has 2 aromatic rings. The lowest BCUT2D eigenvalue weighted by atomic mass is 9.49. The van der Waals surface area contributed by atoms with E-state index in [1.165, 1.54) is 10.9 Å². The fourth-order valence-corrected chi connectivity index (χ4v) is 3.09. The van der Waals surface area contributed by atoms with Crippen molar-refractivity contribution in [1.82, 2.24) is 0 Å². The van der Waals surface area contributed by atoms with Crippen LogP contribution in [0.4, 0.5) is 0 Å². The summed E-state index contributed by atoms with van der Waals surface area (Å²) in [7, 11) is 0. The molecule has 0 saturated carbocycles. The highest BCUT2D eigenvalue weighted by Gasteiger charge is 2.40. The maximum Gasteiger partial charge on any atom is 0.222 e. The minimum Gasteiger partial charge on any atom is -0.340 e. The van der Waals surface area contributed by atoms with E-state index >= 15 is 0 Å². The first kappa shape index (κ1) is 16.4. The molecule has 0 aliphatic carbocycles. The Morgan fingerprint density at radius 3 is 1.30 bits per heavy atom. The molecule has 1 saturated heterocycles. The van der Waals surface area contributed by atoms with E-state index in [2.05, 4.69) is 75.8 Å². The maximum absolute atomic E-state index is 6.09. The fourth-order valence-electron chi connectivity index (χ4n) is 3.09. The summed E-state index contributed by atoms with van der Waals surface area (Å²) < 4.78 is 12.2. The van der Waals surface area contributed by atoms with Crippen LogP contribution in [0.1, 0.15) is 11.1 Å². The van der Waals surface area contributed by atoms with Crippen molar-refractivity contribution in [3.05, 3.63) is 59.7 Å². The molecule has 1 aliphatic heterocycles. The van der Waals surface area contributed by atoms with Crippen LogP contribution in [0.5, 0.6) is 0 Å². The van der Waals surface area contributed by atoms with E-state index in [0.717, 1.165) is 11.1 Å². The second-order valence-electron chi connectivity index (χ2n) is 6.87. The molecule has 3 rings (SSSR count). The van der Waals surface area contributed by atoms with Crippen molar-refractivity contribution in [2.45, 2.75) is 33.1 Å². The smallest absolute Gasteiger partial charge is 0.222 e. The van der Waals surface area contributed by atoms with Gasteiger partial charge in [0.1, 0.15) is 0 Å². The fraction of sp³-hybridized carbons (Fsp3) is 0.368. The van der Waals surface area contributed by atoms with Gasteiger partial charge in [-0.05, 0) is 0 Å². The molecule has 1 aliphatic rings. The van der Waals surface area contributed by atoms with Crippen molar-refractivity contribution in [2.24, 2.45) is 0 Å². The lowest BCUT2D eigenvalue weighted by molar-refractivity contribution is -0.129. The van der Waals surface area contributed by atoms with E-state index in [9.17, 15) is 0 Å². The highest BCUT2D eigenvalue weighted by molar-refractivity contribution is 6.71. The van der Waals surface area contributed by atoms with E-state index in [4.69, 9.17) is 9.47 Å². The van der Waals surface area contributed by atoms with Gasteiger partial charge < -0.3 is 9.47 Å². The first-order valence-corrected chi connectivity index (χ1v) is 8.52. The van der Waals surface area contributed by atoms with Crippen LogP contribution < -0.4 is 10.9 Å². The van der Waals surface area contributed by atoms with Gasteiger partial charge in [-0.15, -0.1) is 0 Å². The van der Waals surface area contributed by atoms with Crippen LogP contribution in [0.15, 0.2) is 48.5 Å². The van der Waals surface area contributed by atoms with Crippen LogP contribution in [-0.4, -0.2) is 26.6 Å². The van der Waals surface area contributed by atoms with Gasteiger partial charge in [-0.1, -0.05) is 86.7 Å². The molecule has 0 unspecified atom stereocenters. The average molecular weight is 306 g/mol. The Balaban J connectivity index is 1.99. The minimum atomic E-state index is -0.759. The molecule has 2 aromatic carbocycles. The summed E-state index contributed by atoms with van der Waals surface area (Å²) in [6.07, 6.45) is 0. The largest absolute Gasteiger partial charge is 0.340 e. The third-order valence-corrected chi connectivity index (χ3v) is 4.61. The van der Waals surface area contributed by atoms with Crippen LogP contribution in [-0.2, 0) is 15.3 Å². The summed E-state index contributed by atoms with van der Waals surface area (Å²) >= 11 is 0. The Morgan fingerprint density at radius 1 is 0.652 bits per heavy atom. The topological polar surface area (TPSA) is 18.5 Å². The second kappa shape index (κ2) is 6.54. The number of rotatable bonds is 4. The molecule has 23 heavy (non-hydrogen) atoms. The van der Waals surface area contributed by atoms with Crippen molar-refractivity contribution in [3.8, 4) is 0 Å². The molecule has 0 N–H and O–H groups in total. The number of hydrogen-bond acceptors (Lipinski definition) is 2. The Kier molecular flexibility index (Phi) is 4.65. The van der Waals surface area contributed by atoms with E-state index in [1.807, 2.05) is 0 Å². The Morgan fingerprint density at radius 2 is 1.00 bits per heavy atom. The van der Waals surface area contributed by atoms with Gasteiger partial charge in [-0.2, -0.15) is 0 Å². The molecule has 0 radical (unpaired) electrons. The Bertz CT molecular complexity index is 589. The average Bonchev–Trinajstić information content (AvgIpc) is 3.06. The first-order chi connectivity index (χ1) is 11.0. The highest BCUT2D eigenvalue weighted by atomic mass is 16.7. The van der Waals surface area contributed by atoms with Gasteiger partial charge in [0, 0.05) is 11.1 Å². The standard InChI is InChI=1S/C19H24B2O2/c1-20(2)17-9-5-15(6-10-17)19(22-13-14-23-19)16-7-11-18(12-8-16)21(3)4/h5-12H,13-14H2,1-4H3. The van der Waals surface area contributed by atoms with Gasteiger partial charge in [0.15, 0.2) is 13.4 Å². The number of benzene rings is 2. The predicted molar refractivity (Wildman–Crippen MR) is 99.8 cm³/mol. The Hall–Kier alpha value is -1.51. The quantitative estimate of drug-likeness (QED) is 0.809. The van der Waals surface area contributed by atoms with Crippen molar-refractivity contribution < 1.29 is 9.47 Å². The third kappa shape index (κ3) is 3.11. The SMILES string of the molecule is CB(C)c1ccc(C2(c3ccc(B(C)C)cc3)OCCO2)cc1. The van der Waals surface area contributed by atoms with Gasteiger partial charge in [-0.3, -0.25) is 0 Å². The lowest BCUT2D eigenvalue weighted by Crippen LogP contribution is -2.31. The van der Waals surface area contributed by atoms with Gasteiger partial charge in [-0.25, -0.2) is 0 Å². The number of hydrogen-bond donors (Lipinski definition) is 0. The van der Waals surface area contributed by atoms with Crippen LogP contribution in [0.25, 0.3) is 0 Å². The van der Waals surface area contributed by atoms with Gasteiger partial charge in [0.05, 0.1) is 13.2 Å². The van der Waals surface area contributed by atoms with E-state index in [-0.39, 0.29) is 0 Å². The van der Waals surface area contributed by atoms with Crippen molar-refractivity contribution in [2.75, 3.05) is 13.2 Å². The maximum atomic E-state index is 6.09. The molecule has 118 valence electrons. The monoisotopic (exact) mass is 306 g/mol. The van der Waals surface area contributed by atoms with Crippen LogP contribution in [0, 0.1) is 0 Å². The molecule has 0 atom stereocenters. The first-order valence-electron chi connectivity index (χ1n) is 8.52. The van der Waals surface area contributed by atoms with Crippen LogP contribution in [0.2, 0.25) is 27.3 Å². The molecule has 1 heterocycles. The van der Waals surface area contributed by atoms with Crippen LogP contribution >= 0.6 is 0 Å². The van der Waals surface area contributed by atoms with Crippen molar-refractivity contribution in [1.29, 1.82) is 0 Å². The third-order valence-electron chi connectivity index (χ3n) is 4.61. The number of ether oxygens (including phenoxy) is 2. The summed E-state index contributed by atoms with van der Waals surface area (Å²) in [6, 6.07) is 17.2. The summed E-state index contributed by atoms with van der Waals surface area (Å²) in [4.78, 5) is 0. The molecular weight excluding hydrogens is 282 g/mol. The van der Waals surface area contributed by atoms with Crippen LogP contribution in [0.3, 0.4) is 0 Å². The Labute approximate surface area is 140 Å². The van der Waals surface area contributed by atoms with Gasteiger partial charge >= 0.3 is 0 Å². The lowest BCUT2D eigenvalue weighted by Gasteiger charge is -2.29. The van der Waals surface area contributed by atoms with E-state index in [0.29, 0.717) is 26.6 Å². The zero-order valence-corrected chi connectivity index (χ0v) is 14.5. The van der Waals surface area contributed by atoms with Gasteiger partial charge in [0.25, 0.3) is 0 Å². The normalized spacial score (nSPS) is 16.3. The molecule has 0 spiro atoms. The zero-order valence-electron chi connectivity index (χ0n) is 14.5. The van der Waals surface area contributed by atoms with E-state index < -0.39 is 5.79 Å². The summed E-state index contributed by atoms with van der Waals surface area (Å²) in [5, 5.41) is 0. The summed E-state index contributed by atoms with van der Waals surface area (Å²) in [5.74, 6) is -0.759. The molecule has 0 amide bonds. The zero-order chi connectivity index (χ0) is 16.4. The van der Waals surface area contributed by atoms with Gasteiger partial charge in [0.2, 0.25) is 5.79 Å². The predicted octanol–water partition coefficient (Wildman–Crippen LogP) is 2.86. The molecule has 4 heteroatoms. The van der Waals surface area contributed by atoms with Crippen molar-refractivity contribution in [3.63, 3.8) is 0 Å². The van der Waals surface area contributed by atoms with E-state index in [1.54, 1.807) is 0 Å². The molecule has 1 fully saturated rings. The summed E-state index contributed by atoms with van der Waals surface area (Å²) in [5.41, 5.74) is 4.79.